The van der Waals surface area contributed by atoms with Crippen LogP contribution in [0.3, 0.4) is 0 Å². The summed E-state index contributed by atoms with van der Waals surface area (Å²) in [5, 5.41) is 10.9. The highest BCUT2D eigenvalue weighted by Crippen LogP contribution is 2.19. The van der Waals surface area contributed by atoms with Gasteiger partial charge < -0.3 is 15.2 Å². The maximum atomic E-state index is 13.6. The SMILES string of the molecule is CC(C)(NC(=O)c1ccc(OC(F)F)cc1F)C(=O)O. The van der Waals surface area contributed by atoms with Crippen LogP contribution in [0, 0.1) is 5.82 Å². The molecule has 0 radical (unpaired) electrons. The summed E-state index contributed by atoms with van der Waals surface area (Å²) in [5.41, 5.74) is -2.07. The van der Waals surface area contributed by atoms with E-state index in [0.29, 0.717) is 6.07 Å². The minimum Gasteiger partial charge on any atom is -0.480 e. The topological polar surface area (TPSA) is 75.6 Å². The van der Waals surface area contributed by atoms with E-state index in [9.17, 15) is 22.8 Å². The van der Waals surface area contributed by atoms with E-state index in [-0.39, 0.29) is 0 Å². The highest BCUT2D eigenvalue weighted by atomic mass is 19.3. The molecule has 0 heterocycles. The number of carboxylic acids is 1. The van der Waals surface area contributed by atoms with Gasteiger partial charge in [-0.1, -0.05) is 0 Å². The molecule has 2 N–H and O–H groups in total. The van der Waals surface area contributed by atoms with Crippen molar-refractivity contribution in [3.63, 3.8) is 0 Å². The van der Waals surface area contributed by atoms with Gasteiger partial charge in [-0.3, -0.25) is 4.79 Å². The number of aliphatic carboxylic acids is 1. The van der Waals surface area contributed by atoms with Gasteiger partial charge in [0.2, 0.25) is 0 Å². The highest BCUT2D eigenvalue weighted by Gasteiger charge is 2.30. The van der Waals surface area contributed by atoms with Crippen LogP contribution in [-0.4, -0.2) is 29.1 Å². The lowest BCUT2D eigenvalue weighted by Crippen LogP contribution is -2.49. The number of rotatable bonds is 5. The Morgan fingerprint density at radius 3 is 2.40 bits per heavy atom. The molecule has 0 saturated carbocycles. The van der Waals surface area contributed by atoms with E-state index < -0.39 is 41.2 Å². The number of hydrogen-bond acceptors (Lipinski definition) is 3. The van der Waals surface area contributed by atoms with Crippen molar-refractivity contribution in [3.8, 4) is 5.75 Å². The lowest BCUT2D eigenvalue weighted by atomic mass is 10.0. The smallest absolute Gasteiger partial charge is 0.387 e. The average molecular weight is 291 g/mol. The van der Waals surface area contributed by atoms with Gasteiger partial charge in [0.15, 0.2) is 0 Å². The Labute approximate surface area is 112 Å². The predicted molar refractivity (Wildman–Crippen MR) is 62.2 cm³/mol. The first kappa shape index (κ1) is 15.8. The number of alkyl halides is 2. The van der Waals surface area contributed by atoms with Crippen LogP contribution in [-0.2, 0) is 4.79 Å². The van der Waals surface area contributed by atoms with Gasteiger partial charge in [-0.25, -0.2) is 9.18 Å². The van der Waals surface area contributed by atoms with Crippen molar-refractivity contribution in [2.24, 2.45) is 0 Å². The van der Waals surface area contributed by atoms with E-state index in [1.54, 1.807) is 0 Å². The fourth-order valence-corrected chi connectivity index (χ4v) is 1.26. The Morgan fingerprint density at radius 2 is 1.95 bits per heavy atom. The zero-order valence-corrected chi connectivity index (χ0v) is 10.6. The summed E-state index contributed by atoms with van der Waals surface area (Å²) < 4.78 is 41.4. The van der Waals surface area contributed by atoms with Gasteiger partial charge in [0.05, 0.1) is 5.56 Å². The van der Waals surface area contributed by atoms with E-state index in [1.807, 2.05) is 0 Å². The number of carbonyl (C=O) groups is 2. The molecule has 0 spiro atoms. The second kappa shape index (κ2) is 5.81. The molecule has 0 aliphatic heterocycles. The van der Waals surface area contributed by atoms with Crippen LogP contribution in [0.1, 0.15) is 24.2 Å². The number of carbonyl (C=O) groups excluding carboxylic acids is 1. The van der Waals surface area contributed by atoms with Crippen molar-refractivity contribution in [2.75, 3.05) is 0 Å². The van der Waals surface area contributed by atoms with Crippen molar-refractivity contribution in [2.45, 2.75) is 26.0 Å². The van der Waals surface area contributed by atoms with Crippen molar-refractivity contribution < 1.29 is 32.6 Å². The number of ether oxygens (including phenoxy) is 1. The summed E-state index contributed by atoms with van der Waals surface area (Å²) in [6.07, 6.45) is 0. The number of nitrogens with one attached hydrogen (secondary N) is 1. The molecule has 0 fully saturated rings. The molecule has 20 heavy (non-hydrogen) atoms. The maximum Gasteiger partial charge on any atom is 0.387 e. The fraction of sp³-hybridized carbons (Fsp3) is 0.333. The van der Waals surface area contributed by atoms with E-state index in [0.717, 1.165) is 12.1 Å². The summed E-state index contributed by atoms with van der Waals surface area (Å²) >= 11 is 0. The molecule has 1 aromatic rings. The number of hydrogen-bond donors (Lipinski definition) is 2. The number of benzene rings is 1. The van der Waals surface area contributed by atoms with Gasteiger partial charge in [0.25, 0.3) is 5.91 Å². The van der Waals surface area contributed by atoms with E-state index in [2.05, 4.69) is 10.1 Å². The second-order valence-corrected chi connectivity index (χ2v) is 4.40. The number of halogens is 3. The van der Waals surface area contributed by atoms with Crippen molar-refractivity contribution >= 4 is 11.9 Å². The molecule has 5 nitrogen and oxygen atoms in total. The van der Waals surface area contributed by atoms with Crippen molar-refractivity contribution in [3.05, 3.63) is 29.6 Å². The molecule has 0 aliphatic rings. The third-order valence-corrected chi connectivity index (χ3v) is 2.37. The largest absolute Gasteiger partial charge is 0.480 e. The molecule has 8 heteroatoms. The quantitative estimate of drug-likeness (QED) is 0.870. The first-order chi connectivity index (χ1) is 9.13. The van der Waals surface area contributed by atoms with E-state index in [1.165, 1.54) is 13.8 Å². The number of carboxylic acid groups (broad SMARTS) is 1. The molecule has 0 unspecified atom stereocenters. The molecule has 110 valence electrons. The molecular formula is C12H12F3NO4. The molecule has 0 bridgehead atoms. The molecular weight excluding hydrogens is 279 g/mol. The lowest BCUT2D eigenvalue weighted by molar-refractivity contribution is -0.143. The minimum absolute atomic E-state index is 0.438. The molecule has 1 rings (SSSR count). The summed E-state index contributed by atoms with van der Waals surface area (Å²) in [6, 6.07) is 2.53. The summed E-state index contributed by atoms with van der Waals surface area (Å²) in [6.45, 7) is -0.668. The minimum atomic E-state index is -3.11. The molecule has 0 atom stereocenters. The zero-order chi connectivity index (χ0) is 15.5. The summed E-state index contributed by atoms with van der Waals surface area (Å²) in [4.78, 5) is 22.6. The van der Waals surface area contributed by atoms with Crippen LogP contribution in [0.2, 0.25) is 0 Å². The Morgan fingerprint density at radius 1 is 1.35 bits per heavy atom. The van der Waals surface area contributed by atoms with Crippen LogP contribution in [0.25, 0.3) is 0 Å². The van der Waals surface area contributed by atoms with E-state index in [4.69, 9.17) is 5.11 Å². The van der Waals surface area contributed by atoms with Gasteiger partial charge in [-0.15, -0.1) is 0 Å². The maximum absolute atomic E-state index is 13.6. The lowest BCUT2D eigenvalue weighted by Gasteiger charge is -2.21. The third kappa shape index (κ3) is 3.87. The Bertz CT molecular complexity index is 531. The van der Waals surface area contributed by atoms with Gasteiger partial charge in [-0.05, 0) is 26.0 Å². The van der Waals surface area contributed by atoms with Crippen molar-refractivity contribution in [1.29, 1.82) is 0 Å². The average Bonchev–Trinajstić information content (AvgIpc) is 2.26. The third-order valence-electron chi connectivity index (χ3n) is 2.37. The monoisotopic (exact) mass is 291 g/mol. The van der Waals surface area contributed by atoms with Gasteiger partial charge in [0.1, 0.15) is 17.1 Å². The van der Waals surface area contributed by atoms with Crippen molar-refractivity contribution in [1.82, 2.24) is 5.32 Å². The summed E-state index contributed by atoms with van der Waals surface area (Å²) in [5.74, 6) is -3.81. The zero-order valence-electron chi connectivity index (χ0n) is 10.6. The van der Waals surface area contributed by atoms with Gasteiger partial charge in [0, 0.05) is 6.07 Å². The summed E-state index contributed by atoms with van der Waals surface area (Å²) in [7, 11) is 0. The second-order valence-electron chi connectivity index (χ2n) is 4.40. The standard InChI is InChI=1S/C12H12F3NO4/c1-12(2,10(18)19)16-9(17)7-4-3-6(5-8(7)13)20-11(14)15/h3-5,11H,1-2H3,(H,16,17)(H,18,19). The first-order valence-corrected chi connectivity index (χ1v) is 5.44. The molecule has 1 amide bonds. The van der Waals surface area contributed by atoms with Crippen LogP contribution < -0.4 is 10.1 Å². The van der Waals surface area contributed by atoms with Crippen LogP contribution >= 0.6 is 0 Å². The number of amides is 1. The Balaban J connectivity index is 2.92. The Hall–Kier alpha value is -2.25. The molecule has 0 aromatic heterocycles. The van der Waals surface area contributed by atoms with Crippen LogP contribution in [0.4, 0.5) is 13.2 Å². The fourth-order valence-electron chi connectivity index (χ4n) is 1.26. The van der Waals surface area contributed by atoms with Gasteiger partial charge >= 0.3 is 12.6 Å². The molecule has 0 aliphatic carbocycles. The predicted octanol–water partition coefficient (Wildman–Crippen LogP) is 2.02. The normalized spacial score (nSPS) is 11.3. The van der Waals surface area contributed by atoms with Crippen LogP contribution in [0.15, 0.2) is 18.2 Å². The van der Waals surface area contributed by atoms with Gasteiger partial charge in [-0.2, -0.15) is 8.78 Å². The highest BCUT2D eigenvalue weighted by molar-refractivity contribution is 5.97. The first-order valence-electron chi connectivity index (χ1n) is 5.44. The molecule has 0 saturated heterocycles. The van der Waals surface area contributed by atoms with Crippen LogP contribution in [0.5, 0.6) is 5.75 Å². The Kier molecular flexibility index (Phi) is 4.59. The van der Waals surface area contributed by atoms with E-state index >= 15 is 0 Å². The molecule has 1 aromatic carbocycles.